The van der Waals surface area contributed by atoms with Gasteiger partial charge in [0, 0.05) is 12.8 Å². The Labute approximate surface area is 142 Å². The van der Waals surface area contributed by atoms with Gasteiger partial charge in [0.25, 0.3) is 5.91 Å². The highest BCUT2D eigenvalue weighted by atomic mass is 32.1. The molecule has 0 bridgehead atoms. The smallest absolute Gasteiger partial charge is 0.282 e. The van der Waals surface area contributed by atoms with Gasteiger partial charge in [0.2, 0.25) is 0 Å². The summed E-state index contributed by atoms with van der Waals surface area (Å²) in [6, 6.07) is 5.69. The monoisotopic (exact) mass is 355 g/mol. The molecular weight excluding hydrogens is 337 g/mol. The van der Waals surface area contributed by atoms with Crippen molar-refractivity contribution in [3.05, 3.63) is 52.0 Å². The van der Waals surface area contributed by atoms with E-state index in [1.54, 1.807) is 18.3 Å². The lowest BCUT2D eigenvalue weighted by molar-refractivity contribution is -0.931. The number of anilines is 1. The topological polar surface area (TPSA) is 33.5 Å². The van der Waals surface area contributed by atoms with E-state index in [2.05, 4.69) is 11.4 Å². The maximum absolute atomic E-state index is 13.7. The lowest BCUT2D eigenvalue weighted by atomic mass is 10.1. The van der Waals surface area contributed by atoms with Crippen LogP contribution in [0.15, 0.2) is 29.6 Å². The third-order valence-corrected chi connectivity index (χ3v) is 5.52. The van der Waals surface area contributed by atoms with Gasteiger partial charge in [0.05, 0.1) is 17.1 Å². The second-order valence-electron chi connectivity index (χ2n) is 5.97. The molecule has 1 aromatic heterocycles. The first-order chi connectivity index (χ1) is 11.5. The Morgan fingerprint density at radius 3 is 2.79 bits per heavy atom. The molecule has 1 aliphatic heterocycles. The van der Waals surface area contributed by atoms with Gasteiger partial charge >= 0.3 is 0 Å². The standard InChI is InChI=1S/C17H17F3N2OS/c1-10(22-8-2-4-13(22)14-5-3-9-24-14)17(23)21-12-7-6-11(18)15(19)16(12)20/h3,5-7,9-10,13H,2,4,8H2,1H3,(H,21,23)/p+1/t10-,13-/m1/s1. The van der Waals surface area contributed by atoms with Crippen molar-refractivity contribution in [1.29, 1.82) is 0 Å². The van der Waals surface area contributed by atoms with E-state index in [0.29, 0.717) is 0 Å². The number of halogens is 3. The van der Waals surface area contributed by atoms with Crippen molar-refractivity contribution in [1.82, 2.24) is 0 Å². The summed E-state index contributed by atoms with van der Waals surface area (Å²) in [6.45, 7) is 2.62. The molecule has 1 aromatic carbocycles. The molecule has 1 amide bonds. The minimum absolute atomic E-state index is 0.237. The van der Waals surface area contributed by atoms with Crippen molar-refractivity contribution in [2.45, 2.75) is 31.8 Å². The number of likely N-dealkylation sites (tertiary alicyclic amines) is 1. The van der Waals surface area contributed by atoms with E-state index in [4.69, 9.17) is 0 Å². The van der Waals surface area contributed by atoms with Gasteiger partial charge in [-0.2, -0.15) is 0 Å². The summed E-state index contributed by atoms with van der Waals surface area (Å²) in [4.78, 5) is 14.8. The predicted molar refractivity (Wildman–Crippen MR) is 86.5 cm³/mol. The fourth-order valence-electron chi connectivity index (χ4n) is 3.23. The van der Waals surface area contributed by atoms with Crippen LogP contribution in [0.3, 0.4) is 0 Å². The first-order valence-corrected chi connectivity index (χ1v) is 8.70. The molecule has 0 spiro atoms. The number of thiophene rings is 1. The number of amides is 1. The number of hydrogen-bond donors (Lipinski definition) is 2. The van der Waals surface area contributed by atoms with Gasteiger partial charge in [-0.1, -0.05) is 6.07 Å². The molecule has 2 N–H and O–H groups in total. The number of carbonyl (C=O) groups is 1. The number of carbonyl (C=O) groups excluding carboxylic acids is 1. The minimum atomic E-state index is -1.58. The van der Waals surface area contributed by atoms with Crippen LogP contribution in [0, 0.1) is 17.5 Å². The molecule has 2 aromatic rings. The maximum atomic E-state index is 13.7. The van der Waals surface area contributed by atoms with Crippen LogP contribution in [-0.4, -0.2) is 18.5 Å². The summed E-state index contributed by atoms with van der Waals surface area (Å²) in [7, 11) is 0. The molecule has 0 aliphatic carbocycles. The number of rotatable bonds is 4. The van der Waals surface area contributed by atoms with Crippen LogP contribution in [-0.2, 0) is 4.79 Å². The highest BCUT2D eigenvalue weighted by Gasteiger charge is 2.37. The Balaban J connectivity index is 1.74. The second kappa shape index (κ2) is 6.94. The van der Waals surface area contributed by atoms with Crippen molar-refractivity contribution in [2.75, 3.05) is 11.9 Å². The van der Waals surface area contributed by atoms with Gasteiger partial charge in [0.1, 0.15) is 6.04 Å². The molecule has 2 heterocycles. The Hall–Kier alpha value is -1.86. The van der Waals surface area contributed by atoms with Gasteiger partial charge in [-0.05, 0) is 30.5 Å². The molecule has 24 heavy (non-hydrogen) atoms. The first-order valence-electron chi connectivity index (χ1n) is 7.82. The third kappa shape index (κ3) is 3.18. The van der Waals surface area contributed by atoms with E-state index in [1.807, 2.05) is 11.4 Å². The highest BCUT2D eigenvalue weighted by molar-refractivity contribution is 7.10. The molecule has 1 fully saturated rings. The lowest BCUT2D eigenvalue weighted by Gasteiger charge is -2.26. The summed E-state index contributed by atoms with van der Waals surface area (Å²) in [5.41, 5.74) is -0.336. The molecule has 3 rings (SSSR count). The normalized spacial score (nSPS) is 21.7. The average molecular weight is 355 g/mol. The van der Waals surface area contributed by atoms with Crippen LogP contribution >= 0.6 is 11.3 Å². The molecule has 1 unspecified atom stereocenters. The zero-order valence-corrected chi connectivity index (χ0v) is 13.9. The van der Waals surface area contributed by atoms with Crippen molar-refractivity contribution in [2.24, 2.45) is 0 Å². The predicted octanol–water partition coefficient (Wildman–Crippen LogP) is 2.91. The van der Waals surface area contributed by atoms with Gasteiger partial charge in [-0.3, -0.25) is 4.79 Å². The molecule has 0 saturated carbocycles. The largest absolute Gasteiger partial charge is 0.318 e. The molecule has 3 nitrogen and oxygen atoms in total. The van der Waals surface area contributed by atoms with Crippen LogP contribution in [0.5, 0.6) is 0 Å². The van der Waals surface area contributed by atoms with E-state index >= 15 is 0 Å². The van der Waals surface area contributed by atoms with E-state index in [-0.39, 0.29) is 11.7 Å². The molecule has 1 aliphatic rings. The van der Waals surface area contributed by atoms with Gasteiger partial charge in [-0.15, -0.1) is 11.3 Å². The van der Waals surface area contributed by atoms with E-state index in [1.165, 1.54) is 4.88 Å². The van der Waals surface area contributed by atoms with Crippen molar-refractivity contribution >= 4 is 22.9 Å². The van der Waals surface area contributed by atoms with Crippen LogP contribution < -0.4 is 10.2 Å². The minimum Gasteiger partial charge on any atom is -0.318 e. The van der Waals surface area contributed by atoms with Crippen molar-refractivity contribution in [3.63, 3.8) is 0 Å². The van der Waals surface area contributed by atoms with Gasteiger partial charge in [0.15, 0.2) is 23.5 Å². The Morgan fingerprint density at radius 2 is 2.08 bits per heavy atom. The average Bonchev–Trinajstić information content (AvgIpc) is 3.25. The summed E-state index contributed by atoms with van der Waals surface area (Å²) in [5, 5.41) is 4.39. The fraction of sp³-hybridized carbons (Fsp3) is 0.353. The van der Waals surface area contributed by atoms with Crippen LogP contribution in [0.2, 0.25) is 0 Å². The van der Waals surface area contributed by atoms with Gasteiger partial charge in [-0.25, -0.2) is 13.2 Å². The SMILES string of the molecule is C[C@H](C(=O)Nc1ccc(F)c(F)c1F)[NH+]1CCC[C@@H]1c1cccs1. The van der Waals surface area contributed by atoms with Gasteiger partial charge < -0.3 is 10.2 Å². The third-order valence-electron chi connectivity index (χ3n) is 4.53. The van der Waals surface area contributed by atoms with Crippen molar-refractivity contribution in [3.8, 4) is 0 Å². The number of quaternary nitrogens is 1. The Kier molecular flexibility index (Phi) is 4.91. The highest BCUT2D eigenvalue weighted by Crippen LogP contribution is 2.24. The molecular formula is C17H18F3N2OS+. The fourth-order valence-corrected chi connectivity index (χ4v) is 4.14. The quantitative estimate of drug-likeness (QED) is 0.813. The number of hydrogen-bond acceptors (Lipinski definition) is 2. The lowest BCUT2D eigenvalue weighted by Crippen LogP contribution is -3.15. The first kappa shape index (κ1) is 17.0. The Morgan fingerprint density at radius 1 is 1.29 bits per heavy atom. The second-order valence-corrected chi connectivity index (χ2v) is 6.95. The van der Waals surface area contributed by atoms with E-state index in [9.17, 15) is 18.0 Å². The van der Waals surface area contributed by atoms with Crippen LogP contribution in [0.1, 0.15) is 30.7 Å². The summed E-state index contributed by atoms with van der Waals surface area (Å²) < 4.78 is 40.0. The van der Waals surface area contributed by atoms with Crippen LogP contribution in [0.25, 0.3) is 0 Å². The zero-order valence-electron chi connectivity index (χ0n) is 13.1. The molecule has 3 atom stereocenters. The summed E-state index contributed by atoms with van der Waals surface area (Å²) >= 11 is 1.66. The molecule has 7 heteroatoms. The van der Waals surface area contributed by atoms with E-state index < -0.39 is 29.4 Å². The Bertz CT molecular complexity index is 736. The van der Waals surface area contributed by atoms with E-state index in [0.717, 1.165) is 36.4 Å². The summed E-state index contributed by atoms with van der Waals surface area (Å²) in [5.74, 6) is -4.63. The summed E-state index contributed by atoms with van der Waals surface area (Å²) in [6.07, 6.45) is 2.00. The zero-order chi connectivity index (χ0) is 17.3. The van der Waals surface area contributed by atoms with Crippen LogP contribution in [0.4, 0.5) is 18.9 Å². The maximum Gasteiger partial charge on any atom is 0.282 e. The van der Waals surface area contributed by atoms with Crippen molar-refractivity contribution < 1.29 is 22.9 Å². The molecule has 1 saturated heterocycles. The molecule has 0 radical (unpaired) electrons. The molecule has 128 valence electrons. The number of benzene rings is 1. The number of nitrogens with one attached hydrogen (secondary N) is 2.